The molecule has 1 saturated heterocycles. The number of amides is 2. The lowest BCUT2D eigenvalue weighted by atomic mass is 10.1. The lowest BCUT2D eigenvalue weighted by molar-refractivity contribution is 0.0485. The molecule has 2 aromatic rings. The van der Waals surface area contributed by atoms with Crippen LogP contribution in [0.3, 0.4) is 0 Å². The van der Waals surface area contributed by atoms with E-state index in [4.69, 9.17) is 4.74 Å². The van der Waals surface area contributed by atoms with Crippen molar-refractivity contribution in [1.82, 2.24) is 34.6 Å². The zero-order valence-corrected chi connectivity index (χ0v) is 15.2. The molecule has 1 aliphatic heterocycles. The van der Waals surface area contributed by atoms with E-state index < -0.39 is 0 Å². The third kappa shape index (κ3) is 3.45. The number of likely N-dealkylation sites (N-methyl/N-ethyl adjacent to an activating group) is 1. The van der Waals surface area contributed by atoms with Crippen LogP contribution in [0.5, 0.6) is 0 Å². The van der Waals surface area contributed by atoms with Crippen molar-refractivity contribution in [3.05, 3.63) is 29.8 Å². The molecule has 0 aliphatic carbocycles. The first kappa shape index (κ1) is 18.1. The quantitative estimate of drug-likeness (QED) is 0.684. The van der Waals surface area contributed by atoms with Crippen LogP contribution >= 0.6 is 0 Å². The van der Waals surface area contributed by atoms with Gasteiger partial charge in [0.2, 0.25) is 0 Å². The van der Waals surface area contributed by atoms with Crippen molar-refractivity contribution < 1.29 is 14.3 Å². The Balaban J connectivity index is 1.57. The first-order chi connectivity index (χ1) is 12.5. The molecule has 140 valence electrons. The average molecular weight is 361 g/mol. The number of rotatable bonds is 7. The largest absolute Gasteiger partial charge is 0.383 e. The highest BCUT2D eigenvalue weighted by atomic mass is 16.5. The Labute approximate surface area is 151 Å². The summed E-state index contributed by atoms with van der Waals surface area (Å²) in [6, 6.07) is 1.75. The Morgan fingerprint density at radius 3 is 2.85 bits per heavy atom. The van der Waals surface area contributed by atoms with Gasteiger partial charge in [-0.15, -0.1) is 5.10 Å². The maximum Gasteiger partial charge on any atom is 0.275 e. The summed E-state index contributed by atoms with van der Waals surface area (Å²) in [7, 11) is 3.28. The fourth-order valence-corrected chi connectivity index (χ4v) is 2.80. The van der Waals surface area contributed by atoms with Crippen molar-refractivity contribution in [3.8, 4) is 0 Å². The van der Waals surface area contributed by atoms with Crippen LogP contribution in [0.4, 0.5) is 0 Å². The molecule has 10 nitrogen and oxygen atoms in total. The van der Waals surface area contributed by atoms with E-state index in [-0.39, 0.29) is 23.6 Å². The van der Waals surface area contributed by atoms with E-state index in [2.05, 4.69) is 15.4 Å². The van der Waals surface area contributed by atoms with Crippen molar-refractivity contribution in [3.63, 3.8) is 0 Å². The predicted molar refractivity (Wildman–Crippen MR) is 91.7 cm³/mol. The molecule has 0 bridgehead atoms. The van der Waals surface area contributed by atoms with Crippen molar-refractivity contribution in [2.75, 3.05) is 40.4 Å². The maximum atomic E-state index is 12.5. The Morgan fingerprint density at radius 1 is 1.38 bits per heavy atom. The summed E-state index contributed by atoms with van der Waals surface area (Å²) in [4.78, 5) is 28.0. The highest BCUT2D eigenvalue weighted by molar-refractivity contribution is 5.93. The molecular weight excluding hydrogens is 338 g/mol. The zero-order valence-electron chi connectivity index (χ0n) is 15.2. The van der Waals surface area contributed by atoms with Gasteiger partial charge in [-0.2, -0.15) is 5.10 Å². The fourth-order valence-electron chi connectivity index (χ4n) is 2.80. The number of ether oxygens (including phenoxy) is 1. The fraction of sp³-hybridized carbons (Fsp3) is 0.562. The van der Waals surface area contributed by atoms with Gasteiger partial charge in [-0.25, -0.2) is 4.68 Å². The van der Waals surface area contributed by atoms with Gasteiger partial charge in [0.1, 0.15) is 5.69 Å². The molecule has 1 aliphatic rings. The van der Waals surface area contributed by atoms with Crippen LogP contribution in [-0.2, 0) is 11.3 Å². The monoisotopic (exact) mass is 361 g/mol. The van der Waals surface area contributed by atoms with Crippen molar-refractivity contribution in [2.45, 2.75) is 19.5 Å². The minimum Gasteiger partial charge on any atom is -0.383 e. The molecule has 3 rings (SSSR count). The van der Waals surface area contributed by atoms with Gasteiger partial charge in [0.15, 0.2) is 5.69 Å². The summed E-state index contributed by atoms with van der Waals surface area (Å²) in [6.45, 7) is 4.61. The molecule has 0 unspecified atom stereocenters. The van der Waals surface area contributed by atoms with E-state index in [0.717, 1.165) is 0 Å². The molecule has 0 atom stereocenters. The third-order valence-corrected chi connectivity index (χ3v) is 4.47. The summed E-state index contributed by atoms with van der Waals surface area (Å²) in [6.07, 6.45) is 3.26. The molecule has 0 saturated carbocycles. The number of aryl methyl sites for hydroxylation is 1. The molecule has 0 aromatic carbocycles. The Bertz CT molecular complexity index is 778. The Kier molecular flexibility index (Phi) is 5.31. The first-order valence-electron chi connectivity index (χ1n) is 8.52. The van der Waals surface area contributed by atoms with E-state index in [1.54, 1.807) is 51.8 Å². The second kappa shape index (κ2) is 7.65. The number of hydrogen-bond donors (Lipinski definition) is 0. The van der Waals surface area contributed by atoms with Gasteiger partial charge in [-0.1, -0.05) is 5.21 Å². The first-order valence-corrected chi connectivity index (χ1v) is 8.52. The molecule has 26 heavy (non-hydrogen) atoms. The van der Waals surface area contributed by atoms with Crippen LogP contribution in [0.2, 0.25) is 0 Å². The molecule has 2 amide bonds. The number of carbonyl (C=O) groups excluding carboxylic acids is 2. The minimum atomic E-state index is -0.201. The summed E-state index contributed by atoms with van der Waals surface area (Å²) in [5.41, 5.74) is 0.873. The van der Waals surface area contributed by atoms with Crippen LogP contribution in [-0.4, -0.2) is 86.8 Å². The van der Waals surface area contributed by atoms with Crippen molar-refractivity contribution >= 4 is 11.8 Å². The zero-order chi connectivity index (χ0) is 18.7. The van der Waals surface area contributed by atoms with Gasteiger partial charge in [0.25, 0.3) is 11.8 Å². The second-order valence-corrected chi connectivity index (χ2v) is 6.20. The predicted octanol–water partition coefficient (Wildman–Crippen LogP) is -0.0900. The maximum absolute atomic E-state index is 12.5. The van der Waals surface area contributed by atoms with E-state index in [1.807, 2.05) is 6.92 Å². The molecule has 0 N–H and O–H groups in total. The van der Waals surface area contributed by atoms with E-state index in [9.17, 15) is 9.59 Å². The average Bonchev–Trinajstić information content (AvgIpc) is 3.26. The topological polar surface area (TPSA) is 98.4 Å². The van der Waals surface area contributed by atoms with E-state index >= 15 is 0 Å². The molecule has 0 spiro atoms. The lowest BCUT2D eigenvalue weighted by Gasteiger charge is -2.38. The number of nitrogens with zero attached hydrogens (tertiary/aromatic N) is 7. The SMILES string of the molecule is CCn1nccc1C(=O)N1CC(n2cc(C(=O)N(C)CCOC)nn2)C1. The van der Waals surface area contributed by atoms with Crippen LogP contribution in [0, 0.1) is 0 Å². The lowest BCUT2D eigenvalue weighted by Crippen LogP contribution is -2.51. The van der Waals surface area contributed by atoms with E-state index in [1.165, 1.54) is 0 Å². The van der Waals surface area contributed by atoms with Gasteiger partial charge in [0.05, 0.1) is 18.8 Å². The molecule has 10 heteroatoms. The molecule has 2 aromatic heterocycles. The van der Waals surface area contributed by atoms with Crippen LogP contribution in [0.1, 0.15) is 33.9 Å². The number of likely N-dealkylation sites (tertiary alicyclic amines) is 1. The number of hydrogen-bond acceptors (Lipinski definition) is 6. The minimum absolute atomic E-state index is 0.0234. The molecule has 3 heterocycles. The normalized spacial score (nSPS) is 14.3. The van der Waals surface area contributed by atoms with Crippen molar-refractivity contribution in [2.24, 2.45) is 0 Å². The Morgan fingerprint density at radius 2 is 2.15 bits per heavy atom. The number of aromatic nitrogens is 5. The molecule has 0 radical (unpaired) electrons. The van der Waals surface area contributed by atoms with E-state index in [0.29, 0.717) is 38.5 Å². The number of carbonyl (C=O) groups is 2. The highest BCUT2D eigenvalue weighted by Crippen LogP contribution is 2.22. The molecular formula is C16H23N7O3. The van der Waals surface area contributed by atoms with Gasteiger partial charge >= 0.3 is 0 Å². The van der Waals surface area contributed by atoms with Crippen LogP contribution in [0.15, 0.2) is 18.5 Å². The molecule has 1 fully saturated rings. The highest BCUT2D eigenvalue weighted by Gasteiger charge is 2.34. The summed E-state index contributed by atoms with van der Waals surface area (Å²) < 4.78 is 8.30. The van der Waals surface area contributed by atoms with Gasteiger partial charge in [-0.3, -0.25) is 14.3 Å². The second-order valence-electron chi connectivity index (χ2n) is 6.20. The van der Waals surface area contributed by atoms with Gasteiger partial charge in [0, 0.05) is 46.5 Å². The summed E-state index contributed by atoms with van der Waals surface area (Å²) in [5, 5.41) is 12.1. The van der Waals surface area contributed by atoms with Crippen LogP contribution in [0.25, 0.3) is 0 Å². The summed E-state index contributed by atoms with van der Waals surface area (Å²) in [5.74, 6) is -0.247. The third-order valence-electron chi connectivity index (χ3n) is 4.47. The Hall–Kier alpha value is -2.75. The smallest absolute Gasteiger partial charge is 0.275 e. The van der Waals surface area contributed by atoms with Gasteiger partial charge in [-0.05, 0) is 13.0 Å². The van der Waals surface area contributed by atoms with Gasteiger partial charge < -0.3 is 14.5 Å². The number of methoxy groups -OCH3 is 1. The summed E-state index contributed by atoms with van der Waals surface area (Å²) >= 11 is 0. The van der Waals surface area contributed by atoms with Crippen molar-refractivity contribution in [1.29, 1.82) is 0 Å². The standard InChI is InChI=1S/C16H23N7O3/c1-4-22-14(5-6-17-22)16(25)21-9-12(10-21)23-11-13(18-19-23)15(24)20(2)7-8-26-3/h5-6,11-12H,4,7-10H2,1-3H3. The van der Waals surface area contributed by atoms with Crippen LogP contribution < -0.4 is 0 Å².